The fraction of sp³-hybridized carbons (Fsp3) is 0.444. The Morgan fingerprint density at radius 2 is 1.89 bits per heavy atom. The van der Waals surface area contributed by atoms with Crippen molar-refractivity contribution in [2.24, 2.45) is 0 Å². The van der Waals surface area contributed by atoms with Crippen molar-refractivity contribution in [1.82, 2.24) is 15.0 Å². The summed E-state index contributed by atoms with van der Waals surface area (Å²) in [6.45, 7) is 0.549. The zero-order valence-corrected chi connectivity index (χ0v) is 11.5. The normalized spacial score (nSPS) is 12.0. The first-order chi connectivity index (χ1) is 8.27. The third-order valence-corrected chi connectivity index (χ3v) is 3.45. The van der Waals surface area contributed by atoms with Gasteiger partial charge in [0.05, 0.1) is 0 Å². The van der Waals surface area contributed by atoms with E-state index in [1.807, 2.05) is 0 Å². The van der Waals surface area contributed by atoms with Crippen LogP contribution in [0.4, 0.5) is 13.2 Å². The third kappa shape index (κ3) is 5.31. The first kappa shape index (κ1) is 18.1. The van der Waals surface area contributed by atoms with Gasteiger partial charge in [-0.2, -0.15) is 13.2 Å². The fourth-order valence-corrected chi connectivity index (χ4v) is 2.08. The average molecular weight is 320 g/mol. The van der Waals surface area contributed by atoms with Gasteiger partial charge in [-0.15, -0.1) is 12.4 Å². The molecule has 1 heterocycles. The lowest BCUT2D eigenvalue weighted by atomic mass is 10.3. The van der Waals surface area contributed by atoms with Gasteiger partial charge in [0, 0.05) is 19.3 Å². The number of nitrogens with zero attached hydrogens (tertiary/aromatic N) is 1. The number of aromatic nitrogens is 1. The molecular formula is C9H13ClF3N3O2S. The van der Waals surface area contributed by atoms with Crippen LogP contribution in [-0.2, 0) is 16.2 Å². The number of likely N-dealkylation sites (N-methyl/N-ethyl adjacent to an activating group) is 1. The summed E-state index contributed by atoms with van der Waals surface area (Å²) in [5, 5.41) is 2.73. The second-order valence-corrected chi connectivity index (χ2v) is 5.15. The van der Waals surface area contributed by atoms with E-state index in [0.717, 1.165) is 6.07 Å². The molecule has 0 saturated carbocycles. The van der Waals surface area contributed by atoms with E-state index in [9.17, 15) is 21.6 Å². The number of rotatable bonds is 5. The molecule has 0 aliphatic heterocycles. The monoisotopic (exact) mass is 319 g/mol. The zero-order chi connectivity index (χ0) is 13.8. The first-order valence-electron chi connectivity index (χ1n) is 4.95. The molecule has 1 aromatic rings. The molecule has 1 rings (SSSR count). The first-order valence-corrected chi connectivity index (χ1v) is 6.43. The maximum atomic E-state index is 12.2. The summed E-state index contributed by atoms with van der Waals surface area (Å²) in [5.41, 5.74) is -1.13. The highest BCUT2D eigenvalue weighted by atomic mass is 35.5. The SMILES string of the molecule is CNCCNS(=O)(=O)c1ccc(C(F)(F)F)nc1.Cl. The lowest BCUT2D eigenvalue weighted by molar-refractivity contribution is -0.141. The minimum Gasteiger partial charge on any atom is -0.318 e. The second kappa shape index (κ2) is 7.04. The lowest BCUT2D eigenvalue weighted by Crippen LogP contribution is -2.30. The van der Waals surface area contributed by atoms with Gasteiger partial charge in [-0.1, -0.05) is 0 Å². The summed E-state index contributed by atoms with van der Waals surface area (Å²) in [7, 11) is -2.17. The van der Waals surface area contributed by atoms with E-state index in [-0.39, 0.29) is 23.8 Å². The van der Waals surface area contributed by atoms with Crippen molar-refractivity contribution in [2.45, 2.75) is 11.1 Å². The molecule has 0 spiro atoms. The molecule has 0 radical (unpaired) electrons. The van der Waals surface area contributed by atoms with E-state index >= 15 is 0 Å². The molecule has 0 bridgehead atoms. The van der Waals surface area contributed by atoms with Crippen LogP contribution in [0.2, 0.25) is 0 Å². The average Bonchev–Trinajstić information content (AvgIpc) is 2.28. The maximum absolute atomic E-state index is 12.2. The molecule has 0 atom stereocenters. The van der Waals surface area contributed by atoms with Crippen LogP contribution < -0.4 is 10.0 Å². The van der Waals surface area contributed by atoms with E-state index in [0.29, 0.717) is 18.8 Å². The standard InChI is InChI=1S/C9H12F3N3O2S.ClH/c1-13-4-5-15-18(16,17)7-2-3-8(14-6-7)9(10,11)12;/h2-3,6,13,15H,4-5H2,1H3;1H. The Morgan fingerprint density at radius 1 is 1.26 bits per heavy atom. The van der Waals surface area contributed by atoms with E-state index in [1.54, 1.807) is 7.05 Å². The Labute approximate surface area is 115 Å². The van der Waals surface area contributed by atoms with Gasteiger partial charge < -0.3 is 5.32 Å². The van der Waals surface area contributed by atoms with Crippen molar-refractivity contribution < 1.29 is 21.6 Å². The number of nitrogens with one attached hydrogen (secondary N) is 2. The second-order valence-electron chi connectivity index (χ2n) is 3.38. The minimum atomic E-state index is -4.58. The number of hydrogen-bond acceptors (Lipinski definition) is 4. The predicted molar refractivity (Wildman–Crippen MR) is 65.6 cm³/mol. The van der Waals surface area contributed by atoms with Crippen molar-refractivity contribution in [2.75, 3.05) is 20.1 Å². The highest BCUT2D eigenvalue weighted by Crippen LogP contribution is 2.27. The molecule has 0 aliphatic rings. The van der Waals surface area contributed by atoms with Gasteiger partial charge >= 0.3 is 6.18 Å². The van der Waals surface area contributed by atoms with Gasteiger partial charge in [0.2, 0.25) is 10.0 Å². The number of sulfonamides is 1. The molecule has 10 heteroatoms. The van der Waals surface area contributed by atoms with Gasteiger partial charge in [-0.25, -0.2) is 13.1 Å². The van der Waals surface area contributed by atoms with Gasteiger partial charge in [0.1, 0.15) is 10.6 Å². The summed E-state index contributed by atoms with van der Waals surface area (Å²) in [6, 6.07) is 1.50. The van der Waals surface area contributed by atoms with Crippen molar-refractivity contribution in [1.29, 1.82) is 0 Å². The van der Waals surface area contributed by atoms with Gasteiger partial charge in [0.15, 0.2) is 0 Å². The molecular weight excluding hydrogens is 307 g/mol. The lowest BCUT2D eigenvalue weighted by Gasteiger charge is -2.08. The molecule has 0 unspecified atom stereocenters. The smallest absolute Gasteiger partial charge is 0.318 e. The van der Waals surface area contributed by atoms with Gasteiger partial charge in [0.25, 0.3) is 0 Å². The van der Waals surface area contributed by atoms with Crippen molar-refractivity contribution in [3.8, 4) is 0 Å². The molecule has 0 saturated heterocycles. The molecule has 1 aromatic heterocycles. The van der Waals surface area contributed by atoms with Gasteiger partial charge in [-0.05, 0) is 19.2 Å². The predicted octanol–water partition coefficient (Wildman–Crippen LogP) is 1.02. The van der Waals surface area contributed by atoms with Crippen LogP contribution in [0.5, 0.6) is 0 Å². The molecule has 110 valence electrons. The topological polar surface area (TPSA) is 71.1 Å². The van der Waals surface area contributed by atoms with Crippen LogP contribution in [0.25, 0.3) is 0 Å². The molecule has 0 amide bonds. The molecule has 19 heavy (non-hydrogen) atoms. The maximum Gasteiger partial charge on any atom is 0.433 e. The zero-order valence-electron chi connectivity index (χ0n) is 9.86. The number of pyridine rings is 1. The Balaban J connectivity index is 0.00000324. The van der Waals surface area contributed by atoms with E-state index in [4.69, 9.17) is 0 Å². The number of alkyl halides is 3. The van der Waals surface area contributed by atoms with E-state index in [2.05, 4.69) is 15.0 Å². The van der Waals surface area contributed by atoms with Crippen molar-refractivity contribution in [3.05, 3.63) is 24.0 Å². The van der Waals surface area contributed by atoms with Gasteiger partial charge in [-0.3, -0.25) is 4.98 Å². The van der Waals surface area contributed by atoms with E-state index in [1.165, 1.54) is 0 Å². The molecule has 0 aliphatic carbocycles. The summed E-state index contributed by atoms with van der Waals surface area (Å²) in [6.07, 6.45) is -3.90. The molecule has 0 fully saturated rings. The highest BCUT2D eigenvalue weighted by Gasteiger charge is 2.32. The largest absolute Gasteiger partial charge is 0.433 e. The van der Waals surface area contributed by atoms with Crippen LogP contribution in [0, 0.1) is 0 Å². The van der Waals surface area contributed by atoms with Crippen LogP contribution in [-0.4, -0.2) is 33.5 Å². The fourth-order valence-electron chi connectivity index (χ4n) is 1.10. The summed E-state index contributed by atoms with van der Waals surface area (Å²) in [4.78, 5) is 2.79. The minimum absolute atomic E-state index is 0. The highest BCUT2D eigenvalue weighted by molar-refractivity contribution is 7.89. The van der Waals surface area contributed by atoms with Crippen LogP contribution in [0.3, 0.4) is 0 Å². The Bertz CT molecular complexity index is 490. The quantitative estimate of drug-likeness (QED) is 0.795. The van der Waals surface area contributed by atoms with Crippen molar-refractivity contribution >= 4 is 22.4 Å². The Kier molecular flexibility index (Phi) is 6.70. The Hall–Kier alpha value is -0.900. The van der Waals surface area contributed by atoms with Crippen molar-refractivity contribution in [3.63, 3.8) is 0 Å². The molecule has 5 nitrogen and oxygen atoms in total. The molecule has 2 N–H and O–H groups in total. The van der Waals surface area contributed by atoms with E-state index < -0.39 is 21.9 Å². The summed E-state index contributed by atoms with van der Waals surface area (Å²) >= 11 is 0. The van der Waals surface area contributed by atoms with Crippen LogP contribution >= 0.6 is 12.4 Å². The number of hydrogen-bond donors (Lipinski definition) is 2. The Morgan fingerprint density at radius 3 is 2.32 bits per heavy atom. The van der Waals surface area contributed by atoms with Crippen LogP contribution in [0.15, 0.2) is 23.2 Å². The summed E-state index contributed by atoms with van der Waals surface area (Å²) < 4.78 is 62.1. The summed E-state index contributed by atoms with van der Waals surface area (Å²) in [5.74, 6) is 0. The van der Waals surface area contributed by atoms with Crippen LogP contribution in [0.1, 0.15) is 5.69 Å². The molecule has 0 aromatic carbocycles. The number of halogens is 4. The third-order valence-electron chi connectivity index (χ3n) is 2.00.